The van der Waals surface area contributed by atoms with Crippen LogP contribution in [0.3, 0.4) is 0 Å². The number of nitrogens with one attached hydrogen (secondary N) is 1. The van der Waals surface area contributed by atoms with Gasteiger partial charge in [0.15, 0.2) is 0 Å². The molecule has 0 amide bonds. The van der Waals surface area contributed by atoms with Gasteiger partial charge in [-0.15, -0.1) is 0 Å². The van der Waals surface area contributed by atoms with Crippen molar-refractivity contribution in [2.45, 2.75) is 57.7 Å². The van der Waals surface area contributed by atoms with Crippen LogP contribution in [0.1, 0.15) is 39.5 Å². The molecule has 1 aliphatic rings. The number of hydrogen-bond acceptors (Lipinski definition) is 3. The molecule has 1 aliphatic carbocycles. The molecule has 0 heterocycles. The molecule has 3 nitrogen and oxygen atoms in total. The molecule has 0 radical (unpaired) electrons. The first kappa shape index (κ1) is 12.5. The summed E-state index contributed by atoms with van der Waals surface area (Å²) in [7, 11) is 2.14. The number of nitrogens with zero attached hydrogens (tertiary/aromatic N) is 2. The highest BCUT2D eigenvalue weighted by Crippen LogP contribution is 2.19. The summed E-state index contributed by atoms with van der Waals surface area (Å²) in [5.41, 5.74) is 0. The molecule has 0 aromatic rings. The summed E-state index contributed by atoms with van der Waals surface area (Å²) in [6.07, 6.45) is 4.61. The molecule has 1 fully saturated rings. The lowest BCUT2D eigenvalue weighted by Crippen LogP contribution is -2.36. The van der Waals surface area contributed by atoms with E-state index in [1.807, 2.05) is 0 Å². The number of rotatable bonds is 7. The molecule has 0 aliphatic heterocycles. The van der Waals surface area contributed by atoms with E-state index in [9.17, 15) is 0 Å². The van der Waals surface area contributed by atoms with Crippen molar-refractivity contribution >= 4 is 0 Å². The van der Waals surface area contributed by atoms with Crippen LogP contribution < -0.4 is 5.32 Å². The molecule has 0 aromatic carbocycles. The van der Waals surface area contributed by atoms with Crippen LogP contribution in [0.25, 0.3) is 0 Å². The van der Waals surface area contributed by atoms with E-state index in [1.165, 1.54) is 19.3 Å². The third-order valence-corrected chi connectivity index (χ3v) is 3.28. The first-order valence-electron chi connectivity index (χ1n) is 6.03. The predicted octanol–water partition coefficient (Wildman–Crippen LogP) is 1.75. The number of nitriles is 1. The van der Waals surface area contributed by atoms with Crippen molar-refractivity contribution in [3.8, 4) is 6.07 Å². The highest BCUT2D eigenvalue weighted by molar-refractivity contribution is 4.96. The van der Waals surface area contributed by atoms with Gasteiger partial charge in [0.2, 0.25) is 0 Å². The third-order valence-electron chi connectivity index (χ3n) is 3.28. The van der Waals surface area contributed by atoms with Crippen LogP contribution in [0.15, 0.2) is 0 Å². The van der Waals surface area contributed by atoms with Crippen LogP contribution >= 0.6 is 0 Å². The fourth-order valence-electron chi connectivity index (χ4n) is 1.58. The standard InChI is InChI=1S/C12H23N3/c1-4-10(2)15(3)8-7-12(9-13)14-11-5-6-11/h10-12,14H,4-8H2,1-3H3. The Hall–Kier alpha value is -0.590. The van der Waals surface area contributed by atoms with Gasteiger partial charge in [-0.05, 0) is 39.7 Å². The zero-order valence-electron chi connectivity index (χ0n) is 10.2. The predicted molar refractivity (Wildman–Crippen MR) is 62.6 cm³/mol. The van der Waals surface area contributed by atoms with Crippen molar-refractivity contribution in [1.29, 1.82) is 5.26 Å². The van der Waals surface area contributed by atoms with Gasteiger partial charge in [-0.2, -0.15) is 5.26 Å². The maximum Gasteiger partial charge on any atom is 0.0967 e. The van der Waals surface area contributed by atoms with E-state index in [2.05, 4.69) is 37.2 Å². The Labute approximate surface area is 93.5 Å². The van der Waals surface area contributed by atoms with Gasteiger partial charge in [0.05, 0.1) is 12.1 Å². The number of hydrogen-bond donors (Lipinski definition) is 1. The van der Waals surface area contributed by atoms with Crippen molar-refractivity contribution in [2.24, 2.45) is 0 Å². The van der Waals surface area contributed by atoms with Crippen molar-refractivity contribution in [3.63, 3.8) is 0 Å². The molecule has 1 saturated carbocycles. The molecule has 2 atom stereocenters. The van der Waals surface area contributed by atoms with E-state index in [1.54, 1.807) is 0 Å². The van der Waals surface area contributed by atoms with Crippen molar-refractivity contribution in [2.75, 3.05) is 13.6 Å². The minimum Gasteiger partial charge on any atom is -0.304 e. The third kappa shape index (κ3) is 4.63. The van der Waals surface area contributed by atoms with Crippen LogP contribution in [0.5, 0.6) is 0 Å². The Balaban J connectivity index is 2.18. The summed E-state index contributed by atoms with van der Waals surface area (Å²) in [4.78, 5) is 2.33. The minimum atomic E-state index is 0.0454. The van der Waals surface area contributed by atoms with E-state index >= 15 is 0 Å². The molecule has 3 heteroatoms. The molecule has 0 spiro atoms. The van der Waals surface area contributed by atoms with Crippen LogP contribution in [0.2, 0.25) is 0 Å². The Morgan fingerprint density at radius 1 is 1.53 bits per heavy atom. The first-order chi connectivity index (χ1) is 7.17. The molecule has 1 N–H and O–H groups in total. The Morgan fingerprint density at radius 2 is 2.20 bits per heavy atom. The van der Waals surface area contributed by atoms with Crippen LogP contribution in [-0.4, -0.2) is 36.6 Å². The summed E-state index contributed by atoms with van der Waals surface area (Å²) in [6.45, 7) is 5.44. The maximum absolute atomic E-state index is 8.98. The van der Waals surface area contributed by atoms with E-state index in [0.717, 1.165) is 13.0 Å². The van der Waals surface area contributed by atoms with Crippen LogP contribution in [0.4, 0.5) is 0 Å². The average molecular weight is 209 g/mol. The lowest BCUT2D eigenvalue weighted by Gasteiger charge is -2.24. The van der Waals surface area contributed by atoms with E-state index in [4.69, 9.17) is 5.26 Å². The Bertz CT molecular complexity index is 217. The van der Waals surface area contributed by atoms with Gasteiger partial charge in [0.25, 0.3) is 0 Å². The molecule has 0 aromatic heterocycles. The van der Waals surface area contributed by atoms with Crippen molar-refractivity contribution in [1.82, 2.24) is 10.2 Å². The molecular formula is C12H23N3. The largest absolute Gasteiger partial charge is 0.304 e. The second-order valence-corrected chi connectivity index (χ2v) is 4.65. The second-order valence-electron chi connectivity index (χ2n) is 4.65. The van der Waals surface area contributed by atoms with Crippen LogP contribution in [-0.2, 0) is 0 Å². The summed E-state index contributed by atoms with van der Waals surface area (Å²) in [5, 5.41) is 12.3. The smallest absolute Gasteiger partial charge is 0.0967 e. The van der Waals surface area contributed by atoms with Crippen molar-refractivity contribution in [3.05, 3.63) is 0 Å². The molecule has 0 saturated heterocycles. The first-order valence-corrected chi connectivity index (χ1v) is 6.03. The van der Waals surface area contributed by atoms with E-state index < -0.39 is 0 Å². The van der Waals surface area contributed by atoms with Crippen LogP contribution in [0, 0.1) is 11.3 Å². The topological polar surface area (TPSA) is 39.1 Å². The van der Waals surface area contributed by atoms with Gasteiger partial charge in [-0.25, -0.2) is 0 Å². The summed E-state index contributed by atoms with van der Waals surface area (Å²) >= 11 is 0. The van der Waals surface area contributed by atoms with Gasteiger partial charge < -0.3 is 4.90 Å². The summed E-state index contributed by atoms with van der Waals surface area (Å²) in [6, 6.07) is 3.64. The van der Waals surface area contributed by atoms with Gasteiger partial charge in [0, 0.05) is 18.6 Å². The monoisotopic (exact) mass is 209 g/mol. The fourth-order valence-corrected chi connectivity index (χ4v) is 1.58. The highest BCUT2D eigenvalue weighted by atomic mass is 15.1. The lowest BCUT2D eigenvalue weighted by molar-refractivity contribution is 0.243. The van der Waals surface area contributed by atoms with Gasteiger partial charge in [-0.3, -0.25) is 5.32 Å². The van der Waals surface area contributed by atoms with Gasteiger partial charge in [-0.1, -0.05) is 6.92 Å². The maximum atomic E-state index is 8.98. The quantitative estimate of drug-likeness (QED) is 0.694. The average Bonchev–Trinajstić information content (AvgIpc) is 3.06. The molecule has 15 heavy (non-hydrogen) atoms. The molecule has 1 rings (SSSR count). The van der Waals surface area contributed by atoms with Gasteiger partial charge in [0.1, 0.15) is 0 Å². The molecule has 2 unspecified atom stereocenters. The SMILES string of the molecule is CCC(C)N(C)CCC(C#N)NC1CC1. The van der Waals surface area contributed by atoms with Crippen molar-refractivity contribution < 1.29 is 0 Å². The molecule has 86 valence electrons. The van der Waals surface area contributed by atoms with E-state index in [-0.39, 0.29) is 6.04 Å². The Kier molecular flexibility index (Phi) is 5.07. The second kappa shape index (κ2) is 6.09. The summed E-state index contributed by atoms with van der Waals surface area (Å²) < 4.78 is 0. The van der Waals surface area contributed by atoms with E-state index in [0.29, 0.717) is 12.1 Å². The minimum absolute atomic E-state index is 0.0454. The Morgan fingerprint density at radius 3 is 2.67 bits per heavy atom. The molecular weight excluding hydrogens is 186 g/mol. The normalized spacial score (nSPS) is 19.9. The lowest BCUT2D eigenvalue weighted by atomic mass is 10.2. The fraction of sp³-hybridized carbons (Fsp3) is 0.917. The zero-order valence-corrected chi connectivity index (χ0v) is 10.2. The highest BCUT2D eigenvalue weighted by Gasteiger charge is 2.24. The molecule has 0 bridgehead atoms. The zero-order chi connectivity index (χ0) is 11.3. The van der Waals surface area contributed by atoms with Gasteiger partial charge >= 0.3 is 0 Å². The summed E-state index contributed by atoms with van der Waals surface area (Å²) in [5.74, 6) is 0.